The molecule has 0 unspecified atom stereocenters. The van der Waals surface area contributed by atoms with E-state index in [4.69, 9.17) is 5.73 Å². The van der Waals surface area contributed by atoms with Crippen LogP contribution in [0.3, 0.4) is 0 Å². The molecule has 1 aliphatic carbocycles. The largest absolute Gasteiger partial charge is 0.324 e. The Hall–Kier alpha value is -0.860. The topological polar surface area (TPSA) is 29.3 Å². The highest BCUT2D eigenvalue weighted by atomic mass is 15.2. The van der Waals surface area contributed by atoms with E-state index in [1.807, 2.05) is 0 Å². The molecule has 2 fully saturated rings. The Bertz CT molecular complexity index is 375. The summed E-state index contributed by atoms with van der Waals surface area (Å²) in [5.74, 6) is 0.872. The van der Waals surface area contributed by atoms with Gasteiger partial charge >= 0.3 is 0 Å². The van der Waals surface area contributed by atoms with Gasteiger partial charge < -0.3 is 10.6 Å². The van der Waals surface area contributed by atoms with Crippen LogP contribution in [0.25, 0.3) is 0 Å². The number of benzene rings is 1. The predicted molar refractivity (Wildman–Crippen MR) is 75.5 cm³/mol. The standard InChI is InChI=1S/C16H24N2/c17-16(8-9-16)13-18-10-6-15(7-11-18)12-14-4-2-1-3-5-14/h1-5,15H,6-13,17H2. The first-order valence-corrected chi connectivity index (χ1v) is 7.29. The lowest BCUT2D eigenvalue weighted by Gasteiger charge is -2.33. The van der Waals surface area contributed by atoms with E-state index in [1.165, 1.54) is 50.8 Å². The van der Waals surface area contributed by atoms with Crippen molar-refractivity contribution in [3.05, 3.63) is 35.9 Å². The van der Waals surface area contributed by atoms with Crippen LogP contribution in [0.5, 0.6) is 0 Å². The molecule has 1 saturated heterocycles. The van der Waals surface area contributed by atoms with Gasteiger partial charge in [-0.05, 0) is 56.7 Å². The zero-order chi connectivity index (χ0) is 12.4. The summed E-state index contributed by atoms with van der Waals surface area (Å²) in [6.07, 6.45) is 6.40. The van der Waals surface area contributed by atoms with Crippen LogP contribution in [-0.2, 0) is 6.42 Å². The quantitative estimate of drug-likeness (QED) is 0.881. The number of rotatable bonds is 4. The van der Waals surface area contributed by atoms with Gasteiger partial charge in [0.25, 0.3) is 0 Å². The van der Waals surface area contributed by atoms with Gasteiger partial charge in [-0.15, -0.1) is 0 Å². The van der Waals surface area contributed by atoms with Crippen LogP contribution < -0.4 is 5.73 Å². The minimum absolute atomic E-state index is 0.187. The molecule has 1 heterocycles. The average molecular weight is 244 g/mol. The molecule has 0 aromatic heterocycles. The van der Waals surface area contributed by atoms with E-state index in [-0.39, 0.29) is 5.54 Å². The highest BCUT2D eigenvalue weighted by molar-refractivity contribution is 5.15. The van der Waals surface area contributed by atoms with E-state index in [1.54, 1.807) is 0 Å². The minimum Gasteiger partial charge on any atom is -0.324 e. The van der Waals surface area contributed by atoms with Gasteiger partial charge in [-0.25, -0.2) is 0 Å². The summed E-state index contributed by atoms with van der Waals surface area (Å²) < 4.78 is 0. The van der Waals surface area contributed by atoms with Gasteiger partial charge in [-0.2, -0.15) is 0 Å². The van der Waals surface area contributed by atoms with Crippen molar-refractivity contribution in [2.75, 3.05) is 19.6 Å². The van der Waals surface area contributed by atoms with Crippen LogP contribution in [0.15, 0.2) is 30.3 Å². The summed E-state index contributed by atoms with van der Waals surface area (Å²) in [6, 6.07) is 10.9. The van der Waals surface area contributed by atoms with Crippen molar-refractivity contribution in [1.82, 2.24) is 4.90 Å². The molecule has 1 aromatic carbocycles. The molecule has 3 rings (SSSR count). The maximum atomic E-state index is 6.19. The van der Waals surface area contributed by atoms with E-state index in [2.05, 4.69) is 35.2 Å². The van der Waals surface area contributed by atoms with Crippen molar-refractivity contribution in [1.29, 1.82) is 0 Å². The Morgan fingerprint density at radius 2 is 1.78 bits per heavy atom. The number of nitrogens with two attached hydrogens (primary N) is 1. The van der Waals surface area contributed by atoms with Crippen LogP contribution >= 0.6 is 0 Å². The van der Waals surface area contributed by atoms with E-state index < -0.39 is 0 Å². The summed E-state index contributed by atoms with van der Waals surface area (Å²) in [5, 5.41) is 0. The summed E-state index contributed by atoms with van der Waals surface area (Å²) in [5.41, 5.74) is 7.87. The molecule has 0 amide bonds. The van der Waals surface area contributed by atoms with E-state index in [0.717, 1.165) is 12.5 Å². The molecule has 1 aliphatic heterocycles. The average Bonchev–Trinajstić information content (AvgIpc) is 3.11. The smallest absolute Gasteiger partial charge is 0.0284 e. The molecule has 1 aromatic rings. The van der Waals surface area contributed by atoms with Gasteiger partial charge in [-0.1, -0.05) is 30.3 Å². The van der Waals surface area contributed by atoms with Crippen LogP contribution in [-0.4, -0.2) is 30.1 Å². The van der Waals surface area contributed by atoms with Gasteiger partial charge in [0.1, 0.15) is 0 Å². The number of hydrogen-bond acceptors (Lipinski definition) is 2. The lowest BCUT2D eigenvalue weighted by Crippen LogP contribution is -2.43. The molecule has 0 atom stereocenters. The molecular formula is C16H24N2. The van der Waals surface area contributed by atoms with Gasteiger partial charge in [-0.3, -0.25) is 0 Å². The van der Waals surface area contributed by atoms with Crippen molar-refractivity contribution in [3.63, 3.8) is 0 Å². The van der Waals surface area contributed by atoms with Crippen molar-refractivity contribution < 1.29 is 0 Å². The van der Waals surface area contributed by atoms with E-state index in [0.29, 0.717) is 0 Å². The van der Waals surface area contributed by atoms with Crippen LogP contribution in [0, 0.1) is 5.92 Å². The second-order valence-corrected chi connectivity index (χ2v) is 6.27. The number of nitrogens with zero attached hydrogens (tertiary/aromatic N) is 1. The van der Waals surface area contributed by atoms with Crippen LogP contribution in [0.2, 0.25) is 0 Å². The van der Waals surface area contributed by atoms with E-state index >= 15 is 0 Å². The third-order valence-electron chi connectivity index (χ3n) is 4.51. The molecule has 0 bridgehead atoms. The molecule has 18 heavy (non-hydrogen) atoms. The molecule has 2 aliphatic rings. The summed E-state index contributed by atoms with van der Waals surface area (Å²) in [7, 11) is 0. The monoisotopic (exact) mass is 244 g/mol. The second-order valence-electron chi connectivity index (χ2n) is 6.27. The third-order valence-corrected chi connectivity index (χ3v) is 4.51. The molecule has 98 valence electrons. The first kappa shape index (κ1) is 12.2. The zero-order valence-corrected chi connectivity index (χ0v) is 11.1. The highest BCUT2D eigenvalue weighted by Gasteiger charge is 2.40. The van der Waals surface area contributed by atoms with Crippen LogP contribution in [0.1, 0.15) is 31.2 Å². The Labute approximate surface area is 110 Å². The van der Waals surface area contributed by atoms with Gasteiger partial charge in [0, 0.05) is 12.1 Å². The van der Waals surface area contributed by atoms with Gasteiger partial charge in [0.05, 0.1) is 0 Å². The van der Waals surface area contributed by atoms with Crippen LogP contribution in [0.4, 0.5) is 0 Å². The summed E-state index contributed by atoms with van der Waals surface area (Å²) in [4.78, 5) is 2.58. The molecule has 0 spiro atoms. The maximum absolute atomic E-state index is 6.19. The van der Waals surface area contributed by atoms with Gasteiger partial charge in [0.2, 0.25) is 0 Å². The molecule has 1 saturated carbocycles. The minimum atomic E-state index is 0.187. The fourth-order valence-electron chi connectivity index (χ4n) is 3.06. The molecule has 2 nitrogen and oxygen atoms in total. The Morgan fingerprint density at radius 1 is 1.11 bits per heavy atom. The van der Waals surface area contributed by atoms with Gasteiger partial charge in [0.15, 0.2) is 0 Å². The molecular weight excluding hydrogens is 220 g/mol. The lowest BCUT2D eigenvalue weighted by atomic mass is 9.90. The highest BCUT2D eigenvalue weighted by Crippen LogP contribution is 2.34. The first-order valence-electron chi connectivity index (χ1n) is 7.29. The fourth-order valence-corrected chi connectivity index (χ4v) is 3.06. The summed E-state index contributed by atoms with van der Waals surface area (Å²) >= 11 is 0. The fraction of sp³-hybridized carbons (Fsp3) is 0.625. The Balaban J connectivity index is 1.45. The summed E-state index contributed by atoms with van der Waals surface area (Å²) in [6.45, 7) is 3.62. The normalized spacial score (nSPS) is 24.1. The molecule has 2 heteroatoms. The number of piperidine rings is 1. The zero-order valence-electron chi connectivity index (χ0n) is 11.1. The van der Waals surface area contributed by atoms with Crippen molar-refractivity contribution >= 4 is 0 Å². The number of hydrogen-bond donors (Lipinski definition) is 1. The van der Waals surface area contributed by atoms with Crippen molar-refractivity contribution in [2.45, 2.75) is 37.6 Å². The van der Waals surface area contributed by atoms with Crippen molar-refractivity contribution in [2.24, 2.45) is 11.7 Å². The maximum Gasteiger partial charge on any atom is 0.0284 e. The molecule has 0 radical (unpaired) electrons. The number of likely N-dealkylation sites (tertiary alicyclic amines) is 1. The second kappa shape index (κ2) is 5.02. The lowest BCUT2D eigenvalue weighted by molar-refractivity contribution is 0.171. The molecule has 2 N–H and O–H groups in total. The first-order chi connectivity index (χ1) is 8.73. The Kier molecular flexibility index (Phi) is 3.40. The SMILES string of the molecule is NC1(CN2CCC(Cc3ccccc3)CC2)CC1. The van der Waals surface area contributed by atoms with E-state index in [9.17, 15) is 0 Å². The predicted octanol–water partition coefficient (Wildman–Crippen LogP) is 2.43. The third kappa shape index (κ3) is 3.12. The van der Waals surface area contributed by atoms with Crippen molar-refractivity contribution in [3.8, 4) is 0 Å². The Morgan fingerprint density at radius 3 is 2.39 bits per heavy atom.